The van der Waals surface area contributed by atoms with Gasteiger partial charge in [-0.1, -0.05) is 26.7 Å². The Morgan fingerprint density at radius 2 is 2.11 bits per heavy atom. The van der Waals surface area contributed by atoms with Crippen LogP contribution in [0.3, 0.4) is 0 Å². The Hall–Kier alpha value is -1.52. The third-order valence-electron chi connectivity index (χ3n) is 3.27. The Morgan fingerprint density at radius 3 is 2.67 bits per heavy atom. The molecular weight excluding hydrogens is 228 g/mol. The maximum atomic E-state index is 12.3. The van der Waals surface area contributed by atoms with Gasteiger partial charge in [0, 0.05) is 13.1 Å². The van der Waals surface area contributed by atoms with Gasteiger partial charge in [-0.2, -0.15) is 5.10 Å². The summed E-state index contributed by atoms with van der Waals surface area (Å²) in [6, 6.07) is 0.202. The molecular formula is C13H24N4O. The number of H-pyrrole nitrogens is 1. The molecule has 5 nitrogen and oxygen atoms in total. The Balaban J connectivity index is 2.83. The van der Waals surface area contributed by atoms with E-state index in [9.17, 15) is 4.79 Å². The van der Waals surface area contributed by atoms with Crippen molar-refractivity contribution in [2.24, 2.45) is 0 Å². The van der Waals surface area contributed by atoms with Crippen molar-refractivity contribution in [3.63, 3.8) is 0 Å². The summed E-state index contributed by atoms with van der Waals surface area (Å²) >= 11 is 0. The molecule has 0 aliphatic carbocycles. The second-order valence-electron chi connectivity index (χ2n) is 4.77. The average Bonchev–Trinajstić information content (AvgIpc) is 2.70. The van der Waals surface area contributed by atoms with E-state index >= 15 is 0 Å². The molecule has 1 amide bonds. The summed E-state index contributed by atoms with van der Waals surface area (Å²) in [6.45, 7) is 6.21. The first-order chi connectivity index (χ1) is 8.52. The first-order valence-electron chi connectivity index (χ1n) is 6.62. The van der Waals surface area contributed by atoms with E-state index in [4.69, 9.17) is 5.73 Å². The van der Waals surface area contributed by atoms with Gasteiger partial charge < -0.3 is 10.6 Å². The summed E-state index contributed by atoms with van der Waals surface area (Å²) in [5.41, 5.74) is 7.67. The molecule has 1 aromatic rings. The lowest BCUT2D eigenvalue weighted by molar-refractivity contribution is 0.0732. The van der Waals surface area contributed by atoms with E-state index < -0.39 is 0 Å². The van der Waals surface area contributed by atoms with Gasteiger partial charge in [0.2, 0.25) is 0 Å². The fraction of sp³-hybridized carbons (Fsp3) is 0.692. The number of aromatic amines is 1. The van der Waals surface area contributed by atoms with E-state index in [-0.39, 0.29) is 11.9 Å². The van der Waals surface area contributed by atoms with Crippen molar-refractivity contribution in [3.05, 3.63) is 11.4 Å². The van der Waals surface area contributed by atoms with Crippen molar-refractivity contribution in [3.8, 4) is 0 Å². The van der Waals surface area contributed by atoms with Gasteiger partial charge in [0.1, 0.15) is 0 Å². The molecule has 0 aliphatic heterocycles. The number of carbonyl (C=O) groups excluding carboxylic acids is 1. The lowest BCUT2D eigenvalue weighted by Crippen LogP contribution is -2.35. The topological polar surface area (TPSA) is 75.0 Å². The van der Waals surface area contributed by atoms with Crippen LogP contribution in [0.1, 0.15) is 56.2 Å². The van der Waals surface area contributed by atoms with Crippen LogP contribution < -0.4 is 5.73 Å². The second kappa shape index (κ2) is 6.42. The van der Waals surface area contributed by atoms with Crippen molar-refractivity contribution >= 4 is 11.6 Å². The number of aromatic nitrogens is 2. The van der Waals surface area contributed by atoms with Crippen LogP contribution in [0.25, 0.3) is 0 Å². The van der Waals surface area contributed by atoms with Crippen molar-refractivity contribution < 1.29 is 4.79 Å². The summed E-state index contributed by atoms with van der Waals surface area (Å²) in [5, 5.41) is 6.92. The molecule has 1 unspecified atom stereocenters. The minimum absolute atomic E-state index is 0.105. The molecule has 0 saturated carbocycles. The quantitative estimate of drug-likeness (QED) is 0.815. The van der Waals surface area contributed by atoms with Gasteiger partial charge >= 0.3 is 0 Å². The maximum Gasteiger partial charge on any atom is 0.276 e. The lowest BCUT2D eigenvalue weighted by Gasteiger charge is -2.23. The van der Waals surface area contributed by atoms with E-state index in [0.717, 1.165) is 31.4 Å². The molecule has 0 aromatic carbocycles. The fourth-order valence-electron chi connectivity index (χ4n) is 1.97. The number of nitrogen functional groups attached to an aromatic ring is 1. The molecule has 5 heteroatoms. The van der Waals surface area contributed by atoms with Crippen molar-refractivity contribution in [2.45, 2.75) is 52.5 Å². The highest BCUT2D eigenvalue weighted by atomic mass is 16.2. The molecule has 18 heavy (non-hydrogen) atoms. The number of carbonyl (C=O) groups is 1. The Bertz CT molecular complexity index is 400. The van der Waals surface area contributed by atoms with Crippen molar-refractivity contribution in [2.75, 3.05) is 12.8 Å². The van der Waals surface area contributed by atoms with Crippen LogP contribution in [0.4, 0.5) is 5.69 Å². The molecule has 102 valence electrons. The number of hydrogen-bond donors (Lipinski definition) is 2. The average molecular weight is 252 g/mol. The normalized spacial score (nSPS) is 12.4. The molecule has 0 radical (unpaired) electrons. The summed E-state index contributed by atoms with van der Waals surface area (Å²) in [5.74, 6) is -0.105. The molecule has 0 bridgehead atoms. The summed E-state index contributed by atoms with van der Waals surface area (Å²) in [6.07, 6.45) is 3.83. The minimum atomic E-state index is -0.105. The Labute approximate surface area is 109 Å². The number of hydrogen-bond acceptors (Lipinski definition) is 3. The zero-order chi connectivity index (χ0) is 13.7. The highest BCUT2D eigenvalue weighted by Gasteiger charge is 2.23. The highest BCUT2D eigenvalue weighted by Crippen LogP contribution is 2.18. The number of amides is 1. The van der Waals surface area contributed by atoms with E-state index in [1.54, 1.807) is 11.9 Å². The van der Waals surface area contributed by atoms with Crippen LogP contribution in [0.2, 0.25) is 0 Å². The third kappa shape index (κ3) is 3.03. The summed E-state index contributed by atoms with van der Waals surface area (Å²) in [4.78, 5) is 14.0. The molecule has 0 aliphatic rings. The van der Waals surface area contributed by atoms with Gasteiger partial charge in [-0.05, 0) is 19.8 Å². The van der Waals surface area contributed by atoms with Gasteiger partial charge in [-0.15, -0.1) is 0 Å². The van der Waals surface area contributed by atoms with Gasteiger partial charge in [-0.3, -0.25) is 9.89 Å². The van der Waals surface area contributed by atoms with Crippen LogP contribution in [0, 0.1) is 0 Å². The first-order valence-corrected chi connectivity index (χ1v) is 6.62. The molecule has 1 atom stereocenters. The zero-order valence-corrected chi connectivity index (χ0v) is 11.8. The van der Waals surface area contributed by atoms with Gasteiger partial charge in [0.15, 0.2) is 5.69 Å². The number of nitrogens with two attached hydrogens (primary N) is 1. The van der Waals surface area contributed by atoms with Crippen molar-refractivity contribution in [1.82, 2.24) is 15.1 Å². The monoisotopic (exact) mass is 252 g/mol. The fourth-order valence-corrected chi connectivity index (χ4v) is 1.97. The molecule has 1 heterocycles. The molecule has 0 saturated heterocycles. The number of rotatable bonds is 6. The molecule has 3 N–H and O–H groups in total. The SMILES string of the molecule is CCCc1[nH]nc(C(=O)N(C)C(C)CCC)c1N. The Kier molecular flexibility index (Phi) is 5.19. The molecule has 0 spiro atoms. The molecule has 1 rings (SSSR count). The van der Waals surface area contributed by atoms with Crippen LogP contribution in [-0.2, 0) is 6.42 Å². The van der Waals surface area contributed by atoms with Gasteiger partial charge in [0.25, 0.3) is 5.91 Å². The number of nitrogens with one attached hydrogen (secondary N) is 1. The predicted octanol–water partition coefficient (Wildman–Crippen LogP) is 2.21. The molecule has 1 aromatic heterocycles. The number of anilines is 1. The Morgan fingerprint density at radius 1 is 1.44 bits per heavy atom. The van der Waals surface area contributed by atoms with E-state index in [2.05, 4.69) is 24.0 Å². The highest BCUT2D eigenvalue weighted by molar-refractivity contribution is 5.97. The zero-order valence-electron chi connectivity index (χ0n) is 11.8. The maximum absolute atomic E-state index is 12.3. The van der Waals surface area contributed by atoms with E-state index in [1.807, 2.05) is 6.92 Å². The second-order valence-corrected chi connectivity index (χ2v) is 4.77. The predicted molar refractivity (Wildman–Crippen MR) is 73.5 cm³/mol. The summed E-state index contributed by atoms with van der Waals surface area (Å²) < 4.78 is 0. The van der Waals surface area contributed by atoms with E-state index in [0.29, 0.717) is 11.4 Å². The smallest absolute Gasteiger partial charge is 0.276 e. The lowest BCUT2D eigenvalue weighted by atomic mass is 10.1. The third-order valence-corrected chi connectivity index (χ3v) is 3.27. The minimum Gasteiger partial charge on any atom is -0.395 e. The number of aryl methyl sites for hydroxylation is 1. The van der Waals surface area contributed by atoms with Crippen LogP contribution in [0.15, 0.2) is 0 Å². The first kappa shape index (κ1) is 14.5. The van der Waals surface area contributed by atoms with Gasteiger partial charge in [0.05, 0.1) is 11.4 Å². The van der Waals surface area contributed by atoms with Crippen LogP contribution >= 0.6 is 0 Å². The van der Waals surface area contributed by atoms with Crippen LogP contribution in [0.5, 0.6) is 0 Å². The molecule has 0 fully saturated rings. The standard InChI is InChI=1S/C13H24N4O/c1-5-7-9(3)17(4)13(18)12-11(14)10(8-6-2)15-16-12/h9H,5-8,14H2,1-4H3,(H,15,16). The van der Waals surface area contributed by atoms with Gasteiger partial charge in [-0.25, -0.2) is 0 Å². The number of nitrogens with zero attached hydrogens (tertiary/aromatic N) is 2. The van der Waals surface area contributed by atoms with Crippen LogP contribution in [-0.4, -0.2) is 34.1 Å². The summed E-state index contributed by atoms with van der Waals surface area (Å²) in [7, 11) is 1.80. The van der Waals surface area contributed by atoms with E-state index in [1.165, 1.54) is 0 Å². The largest absolute Gasteiger partial charge is 0.395 e. The van der Waals surface area contributed by atoms with Crippen molar-refractivity contribution in [1.29, 1.82) is 0 Å².